The van der Waals surface area contributed by atoms with Crippen LogP contribution in [0.1, 0.15) is 18.2 Å². The lowest BCUT2D eigenvalue weighted by Crippen LogP contribution is -2.39. The number of imidazole rings is 1. The average Bonchev–Trinajstić information content (AvgIpc) is 3.02. The van der Waals surface area contributed by atoms with Crippen LogP contribution >= 0.6 is 0 Å². The van der Waals surface area contributed by atoms with Crippen molar-refractivity contribution in [3.63, 3.8) is 0 Å². The van der Waals surface area contributed by atoms with E-state index in [2.05, 4.69) is 4.90 Å². The number of nitrogens with zero attached hydrogens (tertiary/aromatic N) is 4. The lowest BCUT2D eigenvalue weighted by molar-refractivity contribution is 0.284. The number of rotatable bonds is 6. The molecule has 2 aromatic heterocycles. The molecule has 0 amide bonds. The van der Waals surface area contributed by atoms with Gasteiger partial charge in [-0.3, -0.25) is 19.0 Å². The van der Waals surface area contributed by atoms with Gasteiger partial charge in [0, 0.05) is 31.7 Å². The molecule has 1 N–H and O–H groups in total. The third-order valence-corrected chi connectivity index (χ3v) is 7.18. The summed E-state index contributed by atoms with van der Waals surface area (Å²) in [5.74, 6) is 0.379. The first kappa shape index (κ1) is 21.3. The zero-order valence-corrected chi connectivity index (χ0v) is 18.3. The van der Waals surface area contributed by atoms with E-state index in [0.29, 0.717) is 32.7 Å². The molecule has 1 aliphatic heterocycles. The molecule has 0 spiro atoms. The summed E-state index contributed by atoms with van der Waals surface area (Å²) in [5, 5.41) is 9.85. The summed E-state index contributed by atoms with van der Waals surface area (Å²) < 4.78 is 26.0. The van der Waals surface area contributed by atoms with E-state index in [9.17, 15) is 18.3 Å². The molecule has 0 saturated carbocycles. The molecule has 0 aliphatic carbocycles. The fourth-order valence-corrected chi connectivity index (χ4v) is 5.05. The SMILES string of the molecule is CCn1c(O)cn(Cc2ccc(-c3cccc(CN4CCS(=O)(=O)CC4)n3)cc2)c1=O. The Hall–Kier alpha value is -2.91. The summed E-state index contributed by atoms with van der Waals surface area (Å²) in [5.41, 5.74) is 3.44. The number of hydrogen-bond donors (Lipinski definition) is 1. The van der Waals surface area contributed by atoms with Crippen molar-refractivity contribution in [1.29, 1.82) is 0 Å². The highest BCUT2D eigenvalue weighted by Crippen LogP contribution is 2.20. The van der Waals surface area contributed by atoms with Crippen molar-refractivity contribution in [2.45, 2.75) is 26.6 Å². The van der Waals surface area contributed by atoms with Crippen molar-refractivity contribution in [3.05, 3.63) is 70.4 Å². The first-order valence-electron chi connectivity index (χ1n) is 10.3. The van der Waals surface area contributed by atoms with Crippen LogP contribution in [0, 0.1) is 0 Å². The first-order valence-corrected chi connectivity index (χ1v) is 12.1. The number of sulfone groups is 1. The van der Waals surface area contributed by atoms with E-state index in [1.54, 1.807) is 0 Å². The molecule has 0 radical (unpaired) electrons. The Balaban J connectivity index is 1.46. The molecule has 0 atom stereocenters. The molecule has 3 aromatic rings. The fraction of sp³-hybridized carbons (Fsp3) is 0.364. The van der Waals surface area contributed by atoms with Gasteiger partial charge in [0.2, 0.25) is 5.88 Å². The van der Waals surface area contributed by atoms with Crippen molar-refractivity contribution in [2.75, 3.05) is 24.6 Å². The molecule has 0 unspecified atom stereocenters. The van der Waals surface area contributed by atoms with Gasteiger partial charge in [-0.25, -0.2) is 13.2 Å². The summed E-state index contributed by atoms with van der Waals surface area (Å²) >= 11 is 0. The molecular formula is C22H26N4O4S. The summed E-state index contributed by atoms with van der Waals surface area (Å²) in [4.78, 5) is 19.1. The van der Waals surface area contributed by atoms with Crippen LogP contribution in [0.4, 0.5) is 0 Å². The van der Waals surface area contributed by atoms with E-state index in [4.69, 9.17) is 4.98 Å². The highest BCUT2D eigenvalue weighted by atomic mass is 32.2. The van der Waals surface area contributed by atoms with E-state index >= 15 is 0 Å². The van der Waals surface area contributed by atoms with Gasteiger partial charge in [0.25, 0.3) is 0 Å². The van der Waals surface area contributed by atoms with Crippen molar-refractivity contribution in [2.24, 2.45) is 0 Å². The maximum atomic E-state index is 12.3. The lowest BCUT2D eigenvalue weighted by Gasteiger charge is -2.26. The van der Waals surface area contributed by atoms with Gasteiger partial charge in [-0.05, 0) is 24.6 Å². The number of aromatic hydroxyl groups is 1. The number of pyridine rings is 1. The Bertz CT molecular complexity index is 1220. The Morgan fingerprint density at radius 2 is 1.74 bits per heavy atom. The van der Waals surface area contributed by atoms with Crippen molar-refractivity contribution in [3.8, 4) is 17.1 Å². The van der Waals surface area contributed by atoms with Gasteiger partial charge in [-0.15, -0.1) is 0 Å². The van der Waals surface area contributed by atoms with Gasteiger partial charge in [0.15, 0.2) is 9.84 Å². The van der Waals surface area contributed by atoms with E-state index < -0.39 is 9.84 Å². The third-order valence-electron chi connectivity index (χ3n) is 5.57. The van der Waals surface area contributed by atoms with Gasteiger partial charge in [-0.2, -0.15) is 0 Å². The molecular weight excluding hydrogens is 416 g/mol. The van der Waals surface area contributed by atoms with Gasteiger partial charge in [0.05, 0.1) is 35.6 Å². The van der Waals surface area contributed by atoms with Crippen LogP contribution in [0.15, 0.2) is 53.5 Å². The molecule has 164 valence electrons. The monoisotopic (exact) mass is 442 g/mol. The molecule has 1 aliphatic rings. The van der Waals surface area contributed by atoms with E-state index in [1.807, 2.05) is 49.4 Å². The van der Waals surface area contributed by atoms with Crippen molar-refractivity contribution in [1.82, 2.24) is 19.0 Å². The van der Waals surface area contributed by atoms with E-state index in [1.165, 1.54) is 15.3 Å². The lowest BCUT2D eigenvalue weighted by atomic mass is 10.1. The molecule has 3 heterocycles. The highest BCUT2D eigenvalue weighted by Gasteiger charge is 2.21. The summed E-state index contributed by atoms with van der Waals surface area (Å²) in [6.45, 7) is 4.32. The second-order valence-corrected chi connectivity index (χ2v) is 10.1. The Labute approximate surface area is 181 Å². The van der Waals surface area contributed by atoms with Crippen molar-refractivity contribution < 1.29 is 13.5 Å². The molecule has 4 rings (SSSR count). The predicted octanol–water partition coefficient (Wildman–Crippen LogP) is 1.72. The number of benzene rings is 1. The molecule has 0 bridgehead atoms. The largest absolute Gasteiger partial charge is 0.493 e. The molecule has 9 heteroatoms. The minimum atomic E-state index is -2.89. The van der Waals surface area contributed by atoms with Crippen LogP contribution < -0.4 is 5.69 Å². The van der Waals surface area contributed by atoms with Gasteiger partial charge >= 0.3 is 5.69 Å². The fourth-order valence-electron chi connectivity index (χ4n) is 3.77. The highest BCUT2D eigenvalue weighted by molar-refractivity contribution is 7.91. The molecule has 1 fully saturated rings. The second-order valence-electron chi connectivity index (χ2n) is 7.78. The van der Waals surface area contributed by atoms with Gasteiger partial charge in [0.1, 0.15) is 0 Å². The number of aromatic nitrogens is 3. The smallest absolute Gasteiger partial charge is 0.331 e. The normalized spacial score (nSPS) is 16.4. The molecule has 31 heavy (non-hydrogen) atoms. The maximum absolute atomic E-state index is 12.3. The van der Waals surface area contributed by atoms with Crippen LogP contribution in [0.5, 0.6) is 5.88 Å². The number of hydrogen-bond acceptors (Lipinski definition) is 6. The third kappa shape index (κ3) is 4.88. The minimum Gasteiger partial charge on any atom is -0.493 e. The summed E-state index contributed by atoms with van der Waals surface area (Å²) in [7, 11) is -2.89. The maximum Gasteiger partial charge on any atom is 0.331 e. The average molecular weight is 443 g/mol. The summed E-state index contributed by atoms with van der Waals surface area (Å²) in [6.07, 6.45) is 1.45. The summed E-state index contributed by atoms with van der Waals surface area (Å²) in [6, 6.07) is 13.7. The van der Waals surface area contributed by atoms with Crippen LogP contribution in [-0.4, -0.2) is 57.1 Å². The van der Waals surface area contributed by atoms with E-state index in [-0.39, 0.29) is 23.1 Å². The molecule has 1 aromatic carbocycles. The quantitative estimate of drug-likeness (QED) is 0.624. The van der Waals surface area contributed by atoms with Crippen LogP contribution in [0.25, 0.3) is 11.3 Å². The molecule has 8 nitrogen and oxygen atoms in total. The predicted molar refractivity (Wildman–Crippen MR) is 119 cm³/mol. The minimum absolute atomic E-state index is 0.0311. The van der Waals surface area contributed by atoms with E-state index in [0.717, 1.165) is 22.5 Å². The van der Waals surface area contributed by atoms with Gasteiger partial charge in [-0.1, -0.05) is 30.3 Å². The van der Waals surface area contributed by atoms with Crippen molar-refractivity contribution >= 4 is 9.84 Å². The standard InChI is InChI=1S/C22H26N4O4S/c1-2-26-21(27)16-25(22(26)28)14-17-6-8-18(9-7-17)20-5-3-4-19(23-20)15-24-10-12-31(29,30)13-11-24/h3-9,16,27H,2,10-15H2,1H3. The van der Waals surface area contributed by atoms with Crippen LogP contribution in [0.2, 0.25) is 0 Å². The Kier molecular flexibility index (Phi) is 5.97. The topological polar surface area (TPSA) is 97.4 Å². The zero-order valence-electron chi connectivity index (χ0n) is 17.4. The Morgan fingerprint density at radius 3 is 2.39 bits per heavy atom. The van der Waals surface area contributed by atoms with Crippen LogP contribution in [-0.2, 0) is 29.5 Å². The molecule has 1 saturated heterocycles. The van der Waals surface area contributed by atoms with Gasteiger partial charge < -0.3 is 5.11 Å². The van der Waals surface area contributed by atoms with Crippen LogP contribution in [0.3, 0.4) is 0 Å². The second kappa shape index (κ2) is 8.68. The first-order chi connectivity index (χ1) is 14.8. The Morgan fingerprint density at radius 1 is 1.03 bits per heavy atom. The zero-order chi connectivity index (χ0) is 22.0.